The summed E-state index contributed by atoms with van der Waals surface area (Å²) in [5.74, 6) is -0.428. The van der Waals surface area contributed by atoms with Gasteiger partial charge in [-0.15, -0.1) is 0 Å². The topological polar surface area (TPSA) is 108 Å². The van der Waals surface area contributed by atoms with Crippen LogP contribution in [0.3, 0.4) is 0 Å². The van der Waals surface area contributed by atoms with Crippen molar-refractivity contribution in [2.45, 2.75) is 6.92 Å². The lowest BCUT2D eigenvalue weighted by molar-refractivity contribution is 0.0997. The van der Waals surface area contributed by atoms with Gasteiger partial charge >= 0.3 is 5.69 Å². The monoisotopic (exact) mass is 285 g/mol. The van der Waals surface area contributed by atoms with E-state index in [1.807, 2.05) is 17.1 Å². The van der Waals surface area contributed by atoms with Gasteiger partial charge in [0.2, 0.25) is 0 Å². The highest BCUT2D eigenvalue weighted by atomic mass is 16.3. The van der Waals surface area contributed by atoms with E-state index in [0.717, 1.165) is 11.6 Å². The molecule has 0 radical (unpaired) electrons. The standard InChI is InChI=1S/C14H11N3O4/c1-7-8-4-2-3-5-10(8)21-11(7)13(19)16-9-6-15-14(20)17-12(9)18/h2-6H,1H3,(H,16,19)(H2,15,17,18,20). The lowest BCUT2D eigenvalue weighted by Crippen LogP contribution is -2.26. The van der Waals surface area contributed by atoms with E-state index in [0.29, 0.717) is 11.1 Å². The number of furan rings is 1. The van der Waals surface area contributed by atoms with Crippen molar-refractivity contribution >= 4 is 22.6 Å². The van der Waals surface area contributed by atoms with Crippen LogP contribution in [0.1, 0.15) is 16.1 Å². The molecule has 106 valence electrons. The van der Waals surface area contributed by atoms with Crippen LogP contribution in [-0.4, -0.2) is 15.9 Å². The minimum atomic E-state index is -0.680. The number of amides is 1. The van der Waals surface area contributed by atoms with E-state index in [1.54, 1.807) is 19.1 Å². The average Bonchev–Trinajstić information content (AvgIpc) is 2.80. The van der Waals surface area contributed by atoms with E-state index in [9.17, 15) is 14.4 Å². The van der Waals surface area contributed by atoms with Crippen molar-refractivity contribution in [3.8, 4) is 0 Å². The Morgan fingerprint density at radius 3 is 2.71 bits per heavy atom. The van der Waals surface area contributed by atoms with Crippen molar-refractivity contribution in [1.29, 1.82) is 0 Å². The Morgan fingerprint density at radius 2 is 2.00 bits per heavy atom. The summed E-state index contributed by atoms with van der Waals surface area (Å²) in [6.07, 6.45) is 1.14. The van der Waals surface area contributed by atoms with Gasteiger partial charge in [-0.3, -0.25) is 14.6 Å². The van der Waals surface area contributed by atoms with Gasteiger partial charge < -0.3 is 14.7 Å². The number of fused-ring (bicyclic) bond motifs is 1. The van der Waals surface area contributed by atoms with Gasteiger partial charge in [-0.1, -0.05) is 18.2 Å². The average molecular weight is 285 g/mol. The third-order valence-corrected chi connectivity index (χ3v) is 3.12. The number of nitrogens with one attached hydrogen (secondary N) is 3. The van der Waals surface area contributed by atoms with Crippen LogP contribution in [0, 0.1) is 6.92 Å². The van der Waals surface area contributed by atoms with Gasteiger partial charge in [-0.05, 0) is 13.0 Å². The second-order valence-electron chi connectivity index (χ2n) is 4.49. The van der Waals surface area contributed by atoms with Crippen molar-refractivity contribution in [2.24, 2.45) is 0 Å². The fraction of sp³-hybridized carbons (Fsp3) is 0.0714. The number of anilines is 1. The number of hydrogen-bond donors (Lipinski definition) is 3. The Kier molecular flexibility index (Phi) is 2.94. The number of hydrogen-bond acceptors (Lipinski definition) is 4. The Bertz CT molecular complexity index is 948. The first kappa shape index (κ1) is 12.9. The van der Waals surface area contributed by atoms with Gasteiger partial charge in [0.05, 0.1) is 0 Å². The van der Waals surface area contributed by atoms with Crippen LogP contribution in [0.15, 0.2) is 44.5 Å². The smallest absolute Gasteiger partial charge is 0.325 e. The number of aromatic nitrogens is 2. The molecule has 0 bridgehead atoms. The fourth-order valence-corrected chi connectivity index (χ4v) is 2.07. The van der Waals surface area contributed by atoms with Gasteiger partial charge in [0.15, 0.2) is 5.76 Å². The molecule has 1 aromatic carbocycles. The Morgan fingerprint density at radius 1 is 1.24 bits per heavy atom. The molecule has 0 fully saturated rings. The molecule has 0 saturated heterocycles. The van der Waals surface area contributed by atoms with E-state index in [-0.39, 0.29) is 11.4 Å². The number of aryl methyl sites for hydroxylation is 1. The maximum absolute atomic E-state index is 12.2. The Hall–Kier alpha value is -3.09. The lowest BCUT2D eigenvalue weighted by atomic mass is 10.1. The van der Waals surface area contributed by atoms with Crippen LogP contribution in [0.25, 0.3) is 11.0 Å². The summed E-state index contributed by atoms with van der Waals surface area (Å²) in [6, 6.07) is 7.25. The van der Waals surface area contributed by atoms with Gasteiger partial charge in [-0.25, -0.2) is 4.79 Å². The summed E-state index contributed by atoms with van der Waals surface area (Å²) in [5, 5.41) is 3.24. The molecule has 0 aliphatic rings. The van der Waals surface area contributed by atoms with Crippen molar-refractivity contribution in [2.75, 3.05) is 5.32 Å². The van der Waals surface area contributed by atoms with Gasteiger partial charge in [0.1, 0.15) is 11.3 Å². The second-order valence-corrected chi connectivity index (χ2v) is 4.49. The number of carbonyl (C=O) groups excluding carboxylic acids is 1. The molecule has 7 heteroatoms. The van der Waals surface area contributed by atoms with Gasteiger partial charge in [-0.2, -0.15) is 0 Å². The molecule has 0 saturated carbocycles. The molecule has 21 heavy (non-hydrogen) atoms. The molecule has 0 atom stereocenters. The van der Waals surface area contributed by atoms with Crippen LogP contribution in [0.5, 0.6) is 0 Å². The summed E-state index contributed by atoms with van der Waals surface area (Å²) in [5.41, 5.74) is -0.0993. The Labute approximate surface area is 117 Å². The predicted octanol–water partition coefficient (Wildman–Crippen LogP) is 1.37. The SMILES string of the molecule is Cc1c(C(=O)Nc2c[nH]c(=O)[nH]c2=O)oc2ccccc12. The zero-order chi connectivity index (χ0) is 15.0. The van der Waals surface area contributed by atoms with E-state index in [2.05, 4.69) is 10.3 Å². The summed E-state index contributed by atoms with van der Waals surface area (Å²) >= 11 is 0. The molecule has 3 aromatic rings. The van der Waals surface area contributed by atoms with Crippen molar-refractivity contribution in [3.63, 3.8) is 0 Å². The molecule has 7 nitrogen and oxygen atoms in total. The van der Waals surface area contributed by atoms with Crippen LogP contribution in [-0.2, 0) is 0 Å². The van der Waals surface area contributed by atoms with Crippen molar-refractivity contribution < 1.29 is 9.21 Å². The normalized spacial score (nSPS) is 10.7. The molecule has 2 heterocycles. The number of H-pyrrole nitrogens is 2. The highest BCUT2D eigenvalue weighted by molar-refractivity contribution is 6.06. The predicted molar refractivity (Wildman–Crippen MR) is 76.6 cm³/mol. The van der Waals surface area contributed by atoms with E-state index >= 15 is 0 Å². The molecular formula is C14H11N3O4. The minimum absolute atomic E-state index is 0.0561. The van der Waals surface area contributed by atoms with Gasteiger partial charge in [0, 0.05) is 17.1 Å². The first-order valence-electron chi connectivity index (χ1n) is 6.18. The van der Waals surface area contributed by atoms with Crippen LogP contribution in [0.4, 0.5) is 5.69 Å². The van der Waals surface area contributed by atoms with Crippen LogP contribution < -0.4 is 16.6 Å². The molecule has 0 spiro atoms. The highest BCUT2D eigenvalue weighted by Crippen LogP contribution is 2.25. The molecule has 3 rings (SSSR count). The maximum Gasteiger partial charge on any atom is 0.325 e. The minimum Gasteiger partial charge on any atom is -0.451 e. The van der Waals surface area contributed by atoms with Crippen LogP contribution >= 0.6 is 0 Å². The van der Waals surface area contributed by atoms with E-state index in [1.165, 1.54) is 0 Å². The third kappa shape index (κ3) is 2.25. The summed E-state index contributed by atoms with van der Waals surface area (Å²) in [7, 11) is 0. The molecular weight excluding hydrogens is 274 g/mol. The largest absolute Gasteiger partial charge is 0.451 e. The zero-order valence-electron chi connectivity index (χ0n) is 11.0. The summed E-state index contributed by atoms with van der Waals surface area (Å²) < 4.78 is 5.50. The lowest BCUT2D eigenvalue weighted by Gasteiger charge is -2.01. The zero-order valence-corrected chi connectivity index (χ0v) is 11.0. The summed E-state index contributed by atoms with van der Waals surface area (Å²) in [6.45, 7) is 1.76. The fourth-order valence-electron chi connectivity index (χ4n) is 2.07. The first-order chi connectivity index (χ1) is 10.1. The number of aromatic amines is 2. The van der Waals surface area contributed by atoms with E-state index < -0.39 is 17.2 Å². The molecule has 2 aromatic heterocycles. The second kappa shape index (κ2) is 4.78. The first-order valence-corrected chi connectivity index (χ1v) is 6.18. The summed E-state index contributed by atoms with van der Waals surface area (Å²) in [4.78, 5) is 39.0. The number of rotatable bonds is 2. The molecule has 1 amide bonds. The van der Waals surface area contributed by atoms with E-state index in [4.69, 9.17) is 4.42 Å². The molecule has 0 aliphatic carbocycles. The van der Waals surface area contributed by atoms with Crippen molar-refractivity contribution in [1.82, 2.24) is 9.97 Å². The highest BCUT2D eigenvalue weighted by Gasteiger charge is 2.18. The molecule has 0 aliphatic heterocycles. The number of benzene rings is 1. The maximum atomic E-state index is 12.2. The molecule has 0 unspecified atom stereocenters. The number of para-hydroxylation sites is 1. The third-order valence-electron chi connectivity index (χ3n) is 3.12. The number of carbonyl (C=O) groups is 1. The van der Waals surface area contributed by atoms with Gasteiger partial charge in [0.25, 0.3) is 11.5 Å². The quantitative estimate of drug-likeness (QED) is 0.660. The van der Waals surface area contributed by atoms with Crippen LogP contribution in [0.2, 0.25) is 0 Å². The molecule has 3 N–H and O–H groups in total. The Balaban J connectivity index is 1.99. The van der Waals surface area contributed by atoms with Crippen molar-refractivity contribution in [3.05, 3.63) is 62.6 Å².